The van der Waals surface area contributed by atoms with Crippen molar-refractivity contribution in [3.63, 3.8) is 0 Å². The number of aromatic nitrogens is 1. The Labute approximate surface area is 136 Å². The highest BCUT2D eigenvalue weighted by Crippen LogP contribution is 2.26. The highest BCUT2D eigenvalue weighted by molar-refractivity contribution is 7.09. The maximum absolute atomic E-state index is 12.2. The Balaban J connectivity index is 1.49. The SMILES string of the molecule is CC(C)(C)c1nc(CN2CCN(C(=O)C3CNC3)CC2)cs1. The predicted octanol–water partition coefficient (Wildman–Crippen LogP) is 1.30. The number of hydrogen-bond acceptors (Lipinski definition) is 5. The van der Waals surface area contributed by atoms with Gasteiger partial charge in [-0.15, -0.1) is 11.3 Å². The van der Waals surface area contributed by atoms with Crippen LogP contribution in [0.1, 0.15) is 31.5 Å². The van der Waals surface area contributed by atoms with Gasteiger partial charge in [-0.05, 0) is 0 Å². The van der Waals surface area contributed by atoms with Crippen LogP contribution in [0.3, 0.4) is 0 Å². The number of amides is 1. The molecule has 1 amide bonds. The summed E-state index contributed by atoms with van der Waals surface area (Å²) in [4.78, 5) is 21.4. The average molecular weight is 322 g/mol. The zero-order valence-electron chi connectivity index (χ0n) is 13.8. The van der Waals surface area contributed by atoms with E-state index in [4.69, 9.17) is 4.98 Å². The third kappa shape index (κ3) is 3.50. The fourth-order valence-corrected chi connectivity index (χ4v) is 3.70. The number of hydrogen-bond donors (Lipinski definition) is 1. The van der Waals surface area contributed by atoms with E-state index in [0.29, 0.717) is 5.91 Å². The molecule has 2 fully saturated rings. The minimum atomic E-state index is 0.130. The standard InChI is InChI=1S/C16H26N4OS/c1-16(2,3)15-18-13(11-22-15)10-19-4-6-20(7-5-19)14(21)12-8-17-9-12/h11-12,17H,4-10H2,1-3H3. The second-order valence-corrected chi connectivity index (χ2v) is 8.21. The summed E-state index contributed by atoms with van der Waals surface area (Å²) in [5.41, 5.74) is 1.29. The number of nitrogens with one attached hydrogen (secondary N) is 1. The van der Waals surface area contributed by atoms with E-state index in [9.17, 15) is 4.79 Å². The van der Waals surface area contributed by atoms with Gasteiger partial charge in [-0.3, -0.25) is 9.69 Å². The van der Waals surface area contributed by atoms with Crippen LogP contribution in [0.25, 0.3) is 0 Å². The first-order chi connectivity index (χ1) is 10.4. The number of piperazine rings is 1. The van der Waals surface area contributed by atoms with Gasteiger partial charge in [-0.2, -0.15) is 0 Å². The summed E-state index contributed by atoms with van der Waals surface area (Å²) in [7, 11) is 0. The molecule has 1 N–H and O–H groups in total. The van der Waals surface area contributed by atoms with Crippen LogP contribution < -0.4 is 5.32 Å². The zero-order chi connectivity index (χ0) is 15.7. The number of nitrogens with zero attached hydrogens (tertiary/aromatic N) is 3. The van der Waals surface area contributed by atoms with Gasteiger partial charge in [0.15, 0.2) is 0 Å². The fourth-order valence-electron chi connectivity index (χ4n) is 2.80. The summed E-state index contributed by atoms with van der Waals surface area (Å²) in [5.74, 6) is 0.557. The lowest BCUT2D eigenvalue weighted by molar-refractivity contribution is -0.138. The molecule has 2 aliphatic heterocycles. The van der Waals surface area contributed by atoms with Crippen LogP contribution in [0.4, 0.5) is 0 Å². The molecule has 5 nitrogen and oxygen atoms in total. The van der Waals surface area contributed by atoms with E-state index in [1.165, 1.54) is 5.01 Å². The van der Waals surface area contributed by atoms with E-state index in [1.807, 2.05) is 4.90 Å². The quantitative estimate of drug-likeness (QED) is 0.911. The first-order valence-electron chi connectivity index (χ1n) is 8.10. The summed E-state index contributed by atoms with van der Waals surface area (Å²) in [5, 5.41) is 6.55. The molecule has 122 valence electrons. The van der Waals surface area contributed by atoms with E-state index in [2.05, 4.69) is 36.4 Å². The van der Waals surface area contributed by atoms with Crippen molar-refractivity contribution in [2.24, 2.45) is 5.92 Å². The van der Waals surface area contributed by atoms with Gasteiger partial charge in [0.05, 0.1) is 16.6 Å². The zero-order valence-corrected chi connectivity index (χ0v) is 14.6. The molecule has 0 aromatic carbocycles. The third-order valence-corrected chi connectivity index (χ3v) is 5.71. The second kappa shape index (κ2) is 6.26. The predicted molar refractivity (Wildman–Crippen MR) is 89.0 cm³/mol. The van der Waals surface area contributed by atoms with Gasteiger partial charge in [0.25, 0.3) is 0 Å². The fraction of sp³-hybridized carbons (Fsp3) is 0.750. The molecular formula is C16H26N4OS. The Morgan fingerprint density at radius 3 is 2.50 bits per heavy atom. The molecule has 2 aliphatic rings. The summed E-state index contributed by atoms with van der Waals surface area (Å²) < 4.78 is 0. The molecule has 0 radical (unpaired) electrons. The summed E-state index contributed by atoms with van der Waals surface area (Å²) in [6.45, 7) is 12.8. The summed E-state index contributed by atoms with van der Waals surface area (Å²) in [6.07, 6.45) is 0. The smallest absolute Gasteiger partial charge is 0.228 e. The highest BCUT2D eigenvalue weighted by atomic mass is 32.1. The van der Waals surface area contributed by atoms with Crippen molar-refractivity contribution in [1.82, 2.24) is 20.1 Å². The highest BCUT2D eigenvalue weighted by Gasteiger charge is 2.31. The molecule has 0 spiro atoms. The number of carbonyl (C=O) groups excluding carboxylic acids is 1. The molecule has 0 aliphatic carbocycles. The van der Waals surface area contributed by atoms with Crippen LogP contribution in [-0.4, -0.2) is 60.0 Å². The van der Waals surface area contributed by atoms with E-state index in [0.717, 1.165) is 51.5 Å². The van der Waals surface area contributed by atoms with Crippen LogP contribution in [0, 0.1) is 5.92 Å². The molecule has 0 bridgehead atoms. The number of carbonyl (C=O) groups is 1. The Bertz CT molecular complexity index is 524. The van der Waals surface area contributed by atoms with Crippen molar-refractivity contribution >= 4 is 17.2 Å². The molecular weight excluding hydrogens is 296 g/mol. The molecule has 1 aromatic rings. The van der Waals surface area contributed by atoms with Crippen molar-refractivity contribution in [1.29, 1.82) is 0 Å². The maximum atomic E-state index is 12.2. The Morgan fingerprint density at radius 1 is 1.32 bits per heavy atom. The molecule has 22 heavy (non-hydrogen) atoms. The minimum Gasteiger partial charge on any atom is -0.340 e. The van der Waals surface area contributed by atoms with E-state index < -0.39 is 0 Å². The maximum Gasteiger partial charge on any atom is 0.228 e. The lowest BCUT2D eigenvalue weighted by atomic mass is 9.98. The summed E-state index contributed by atoms with van der Waals surface area (Å²) in [6, 6.07) is 0. The van der Waals surface area contributed by atoms with Crippen LogP contribution in [-0.2, 0) is 16.8 Å². The van der Waals surface area contributed by atoms with Crippen molar-refractivity contribution in [3.05, 3.63) is 16.1 Å². The van der Waals surface area contributed by atoms with Crippen molar-refractivity contribution < 1.29 is 4.79 Å². The third-order valence-electron chi connectivity index (χ3n) is 4.39. The molecule has 0 atom stereocenters. The molecule has 1 aromatic heterocycles. The van der Waals surface area contributed by atoms with Crippen LogP contribution in [0.5, 0.6) is 0 Å². The topological polar surface area (TPSA) is 48.5 Å². The largest absolute Gasteiger partial charge is 0.340 e. The lowest BCUT2D eigenvalue weighted by Gasteiger charge is -2.38. The number of rotatable bonds is 3. The lowest BCUT2D eigenvalue weighted by Crippen LogP contribution is -2.56. The van der Waals surface area contributed by atoms with Gasteiger partial charge < -0.3 is 10.2 Å². The molecule has 6 heteroatoms. The van der Waals surface area contributed by atoms with Gasteiger partial charge in [0.1, 0.15) is 0 Å². The first-order valence-corrected chi connectivity index (χ1v) is 8.98. The molecule has 3 heterocycles. The Kier molecular flexibility index (Phi) is 4.52. The molecule has 2 saturated heterocycles. The van der Waals surface area contributed by atoms with Gasteiger partial charge in [0.2, 0.25) is 5.91 Å². The van der Waals surface area contributed by atoms with Gasteiger partial charge in [-0.1, -0.05) is 20.8 Å². The second-order valence-electron chi connectivity index (χ2n) is 7.35. The Hall–Kier alpha value is -0.980. The van der Waals surface area contributed by atoms with Crippen molar-refractivity contribution in [3.8, 4) is 0 Å². The normalized spacial score (nSPS) is 21.0. The van der Waals surface area contributed by atoms with E-state index in [1.54, 1.807) is 11.3 Å². The van der Waals surface area contributed by atoms with Crippen LogP contribution >= 0.6 is 11.3 Å². The van der Waals surface area contributed by atoms with E-state index in [-0.39, 0.29) is 11.3 Å². The van der Waals surface area contributed by atoms with E-state index >= 15 is 0 Å². The number of thiazole rings is 1. The van der Waals surface area contributed by atoms with Gasteiger partial charge in [0, 0.05) is 56.6 Å². The first kappa shape index (κ1) is 15.9. The van der Waals surface area contributed by atoms with Gasteiger partial charge in [-0.25, -0.2) is 4.98 Å². The molecule has 3 rings (SSSR count). The van der Waals surface area contributed by atoms with Crippen molar-refractivity contribution in [2.45, 2.75) is 32.7 Å². The molecule has 0 unspecified atom stereocenters. The van der Waals surface area contributed by atoms with Crippen LogP contribution in [0.2, 0.25) is 0 Å². The van der Waals surface area contributed by atoms with Gasteiger partial charge >= 0.3 is 0 Å². The average Bonchev–Trinajstić information content (AvgIpc) is 2.86. The minimum absolute atomic E-state index is 0.130. The van der Waals surface area contributed by atoms with Crippen LogP contribution in [0.15, 0.2) is 5.38 Å². The molecule has 0 saturated carbocycles. The Morgan fingerprint density at radius 2 is 2.00 bits per heavy atom. The van der Waals surface area contributed by atoms with Crippen molar-refractivity contribution in [2.75, 3.05) is 39.3 Å². The summed E-state index contributed by atoms with van der Waals surface area (Å²) >= 11 is 1.76. The monoisotopic (exact) mass is 322 g/mol.